The number of carbonyl (C=O) groups excluding carboxylic acids is 1. The highest BCUT2D eigenvalue weighted by Crippen LogP contribution is 2.16. The molecule has 4 aromatic rings. The summed E-state index contributed by atoms with van der Waals surface area (Å²) >= 11 is 0. The highest BCUT2D eigenvalue weighted by atomic mass is 16.5. The lowest BCUT2D eigenvalue weighted by molar-refractivity contribution is 0.103. The minimum atomic E-state index is -0.146. The van der Waals surface area contributed by atoms with Crippen LogP contribution in [0.2, 0.25) is 0 Å². The molecule has 2 heterocycles. The van der Waals surface area contributed by atoms with Crippen molar-refractivity contribution in [2.75, 3.05) is 0 Å². The van der Waals surface area contributed by atoms with E-state index in [1.54, 1.807) is 42.6 Å². The Morgan fingerprint density at radius 3 is 2.43 bits per heavy atom. The van der Waals surface area contributed by atoms with Crippen LogP contribution in [-0.2, 0) is 6.61 Å². The minimum absolute atomic E-state index is 0.0354. The van der Waals surface area contributed by atoms with Crippen molar-refractivity contribution in [3.8, 4) is 5.75 Å². The molecule has 5 heteroatoms. The summed E-state index contributed by atoms with van der Waals surface area (Å²) in [7, 11) is 0. The third-order valence-electron chi connectivity index (χ3n) is 4.41. The monoisotopic (exact) mass is 370 g/mol. The van der Waals surface area contributed by atoms with Gasteiger partial charge in [-0.05, 0) is 48.9 Å². The smallest absolute Gasteiger partial charge is 0.258 e. The van der Waals surface area contributed by atoms with Gasteiger partial charge in [-0.25, -0.2) is 4.98 Å². The predicted molar refractivity (Wildman–Crippen MR) is 107 cm³/mol. The Labute approximate surface area is 161 Å². The number of rotatable bonds is 5. The van der Waals surface area contributed by atoms with Crippen LogP contribution >= 0.6 is 0 Å². The largest absolute Gasteiger partial charge is 0.487 e. The second-order valence-electron chi connectivity index (χ2n) is 6.53. The molecule has 0 N–H and O–H groups in total. The molecule has 0 atom stereocenters. The summed E-state index contributed by atoms with van der Waals surface area (Å²) in [6, 6.07) is 21.3. The van der Waals surface area contributed by atoms with E-state index in [2.05, 4.69) is 4.98 Å². The van der Waals surface area contributed by atoms with Crippen LogP contribution in [0.4, 0.5) is 0 Å². The Bertz CT molecular complexity index is 1200. The fourth-order valence-corrected chi connectivity index (χ4v) is 2.94. The molecular weight excluding hydrogens is 352 g/mol. The molecule has 0 bridgehead atoms. The molecule has 4 rings (SSSR count). The van der Waals surface area contributed by atoms with E-state index in [-0.39, 0.29) is 17.9 Å². The molecule has 2 aromatic carbocycles. The average molecular weight is 370 g/mol. The number of hydrogen-bond acceptors (Lipinski definition) is 4. The van der Waals surface area contributed by atoms with E-state index in [0.29, 0.717) is 28.2 Å². The zero-order chi connectivity index (χ0) is 19.5. The zero-order valence-corrected chi connectivity index (χ0v) is 15.3. The lowest BCUT2D eigenvalue weighted by atomic mass is 10.0. The van der Waals surface area contributed by atoms with Gasteiger partial charge in [-0.2, -0.15) is 0 Å². The molecule has 0 saturated carbocycles. The first-order valence-corrected chi connectivity index (χ1v) is 8.92. The van der Waals surface area contributed by atoms with Crippen molar-refractivity contribution < 1.29 is 9.53 Å². The SMILES string of the molecule is Cc1ccn2c(=O)cc(COc3ccc(C(=O)c4ccccc4)cc3)nc2c1. The Balaban J connectivity index is 1.49. The maximum absolute atomic E-state index is 12.4. The van der Waals surface area contributed by atoms with Crippen molar-refractivity contribution in [2.45, 2.75) is 13.5 Å². The Hall–Kier alpha value is -3.73. The number of hydrogen-bond donors (Lipinski definition) is 0. The number of ketones is 1. The van der Waals surface area contributed by atoms with E-state index in [4.69, 9.17) is 4.74 Å². The van der Waals surface area contributed by atoms with E-state index < -0.39 is 0 Å². The van der Waals surface area contributed by atoms with Crippen LogP contribution in [-0.4, -0.2) is 15.2 Å². The van der Waals surface area contributed by atoms with Crippen LogP contribution in [0, 0.1) is 6.92 Å². The summed E-state index contributed by atoms with van der Waals surface area (Å²) in [6.45, 7) is 2.12. The van der Waals surface area contributed by atoms with E-state index in [9.17, 15) is 9.59 Å². The van der Waals surface area contributed by atoms with E-state index in [1.165, 1.54) is 10.5 Å². The number of benzene rings is 2. The van der Waals surface area contributed by atoms with Crippen LogP contribution in [0.1, 0.15) is 27.2 Å². The van der Waals surface area contributed by atoms with Crippen LogP contribution in [0.15, 0.2) is 83.8 Å². The molecule has 0 amide bonds. The number of pyridine rings is 1. The van der Waals surface area contributed by atoms with Gasteiger partial charge in [0.1, 0.15) is 18.0 Å². The minimum Gasteiger partial charge on any atom is -0.487 e. The molecule has 2 aromatic heterocycles. The quantitative estimate of drug-likeness (QED) is 0.501. The fraction of sp³-hybridized carbons (Fsp3) is 0.0870. The Morgan fingerprint density at radius 2 is 1.68 bits per heavy atom. The van der Waals surface area contributed by atoms with E-state index >= 15 is 0 Å². The van der Waals surface area contributed by atoms with Crippen molar-refractivity contribution >= 4 is 11.4 Å². The number of nitrogens with zero attached hydrogens (tertiary/aromatic N) is 2. The molecule has 0 aliphatic carbocycles. The van der Waals surface area contributed by atoms with Crippen LogP contribution < -0.4 is 10.3 Å². The molecular formula is C23H18N2O3. The molecule has 0 unspecified atom stereocenters. The maximum Gasteiger partial charge on any atom is 0.258 e. The summed E-state index contributed by atoms with van der Waals surface area (Å²) in [5.41, 5.74) is 3.27. The Morgan fingerprint density at radius 1 is 0.964 bits per heavy atom. The van der Waals surface area contributed by atoms with Gasteiger partial charge in [-0.1, -0.05) is 30.3 Å². The van der Waals surface area contributed by atoms with Gasteiger partial charge in [0.25, 0.3) is 5.56 Å². The van der Waals surface area contributed by atoms with Crippen LogP contribution in [0.3, 0.4) is 0 Å². The molecule has 0 aliphatic rings. The van der Waals surface area contributed by atoms with Gasteiger partial charge in [-0.15, -0.1) is 0 Å². The fourth-order valence-electron chi connectivity index (χ4n) is 2.94. The van der Waals surface area contributed by atoms with Gasteiger partial charge in [0, 0.05) is 23.4 Å². The van der Waals surface area contributed by atoms with Crippen LogP contribution in [0.5, 0.6) is 5.75 Å². The molecule has 28 heavy (non-hydrogen) atoms. The number of aryl methyl sites for hydroxylation is 1. The summed E-state index contributed by atoms with van der Waals surface area (Å²) in [5.74, 6) is 0.572. The van der Waals surface area contributed by atoms with E-state index in [0.717, 1.165) is 5.56 Å². The first-order chi connectivity index (χ1) is 13.6. The summed E-state index contributed by atoms with van der Waals surface area (Å²) in [4.78, 5) is 29.1. The van der Waals surface area contributed by atoms with Crippen molar-refractivity contribution in [1.82, 2.24) is 9.38 Å². The summed E-state index contributed by atoms with van der Waals surface area (Å²) < 4.78 is 7.25. The first kappa shape index (κ1) is 17.7. The molecule has 0 fully saturated rings. The topological polar surface area (TPSA) is 60.7 Å². The van der Waals surface area contributed by atoms with Crippen molar-refractivity contribution in [1.29, 1.82) is 0 Å². The van der Waals surface area contributed by atoms with Gasteiger partial charge >= 0.3 is 0 Å². The van der Waals surface area contributed by atoms with Crippen molar-refractivity contribution in [3.05, 3.63) is 112 Å². The standard InChI is InChI=1S/C23H18N2O3/c1-16-11-12-25-21(13-16)24-19(14-22(25)26)15-28-20-9-7-18(8-10-20)23(27)17-5-3-2-4-6-17/h2-14H,15H2,1H3. The zero-order valence-electron chi connectivity index (χ0n) is 15.3. The molecule has 5 nitrogen and oxygen atoms in total. The first-order valence-electron chi connectivity index (χ1n) is 8.92. The number of aromatic nitrogens is 2. The molecule has 138 valence electrons. The normalized spacial score (nSPS) is 10.8. The number of ether oxygens (including phenoxy) is 1. The van der Waals surface area contributed by atoms with Gasteiger partial charge in [0.2, 0.25) is 0 Å². The third-order valence-corrected chi connectivity index (χ3v) is 4.41. The number of carbonyl (C=O) groups is 1. The van der Waals surface area contributed by atoms with Crippen molar-refractivity contribution in [3.63, 3.8) is 0 Å². The summed E-state index contributed by atoms with van der Waals surface area (Å²) in [6.07, 6.45) is 1.72. The van der Waals surface area contributed by atoms with Crippen molar-refractivity contribution in [2.24, 2.45) is 0 Å². The lowest BCUT2D eigenvalue weighted by Crippen LogP contribution is -2.16. The maximum atomic E-state index is 12.4. The predicted octanol–water partition coefficient (Wildman–Crippen LogP) is 3.81. The highest BCUT2D eigenvalue weighted by Gasteiger charge is 2.09. The Kier molecular flexibility index (Phi) is 4.72. The highest BCUT2D eigenvalue weighted by molar-refractivity contribution is 6.08. The molecule has 0 saturated heterocycles. The summed E-state index contributed by atoms with van der Waals surface area (Å²) in [5, 5.41) is 0. The lowest BCUT2D eigenvalue weighted by Gasteiger charge is -2.08. The second kappa shape index (κ2) is 7.48. The molecule has 0 spiro atoms. The van der Waals surface area contributed by atoms with Gasteiger partial charge in [0.15, 0.2) is 5.78 Å². The van der Waals surface area contributed by atoms with Gasteiger partial charge < -0.3 is 4.74 Å². The van der Waals surface area contributed by atoms with Crippen LogP contribution in [0.25, 0.3) is 5.65 Å². The second-order valence-corrected chi connectivity index (χ2v) is 6.53. The molecule has 0 aliphatic heterocycles. The van der Waals surface area contributed by atoms with Gasteiger partial charge in [0.05, 0.1) is 5.69 Å². The molecule has 0 radical (unpaired) electrons. The number of fused-ring (bicyclic) bond motifs is 1. The van der Waals surface area contributed by atoms with E-state index in [1.807, 2.05) is 37.3 Å². The third kappa shape index (κ3) is 3.69. The average Bonchev–Trinajstić information content (AvgIpc) is 2.72. The van der Waals surface area contributed by atoms with Gasteiger partial charge in [-0.3, -0.25) is 14.0 Å².